The second-order valence-electron chi connectivity index (χ2n) is 31.7. The number of aromatic nitrogens is 8. The Bertz CT molecular complexity index is 7650. The molecule has 1 aliphatic rings. The molecule has 114 heavy (non-hydrogen) atoms. The average Bonchev–Trinajstić information content (AvgIpc) is 1.59. The predicted octanol–water partition coefficient (Wildman–Crippen LogP) is 25.4. The number of hydrogen-bond donors (Lipinski definition) is 0. The summed E-state index contributed by atoms with van der Waals surface area (Å²) in [5.74, 6) is -10.1. The van der Waals surface area contributed by atoms with Crippen LogP contribution in [0.25, 0.3) is 133 Å². The predicted molar refractivity (Wildman–Crippen MR) is 469 cm³/mol. The van der Waals surface area contributed by atoms with Gasteiger partial charge < -0.3 is 17.7 Å². The quantitative estimate of drug-likeness (QED) is 0.111. The Hall–Kier alpha value is -10.7. The Morgan fingerprint density at radius 3 is 1.10 bits per heavy atom. The first kappa shape index (κ1) is 51.2. The van der Waals surface area contributed by atoms with Crippen molar-refractivity contribution in [1.29, 1.82) is 0 Å². The first-order chi connectivity index (χ1) is 65.5. The van der Waals surface area contributed by atoms with E-state index in [4.69, 9.17) is 62.4 Å². The van der Waals surface area contributed by atoms with E-state index in [1.165, 1.54) is 41.5 Å². The second kappa shape index (κ2) is 31.9. The van der Waals surface area contributed by atoms with E-state index in [1.54, 1.807) is 109 Å². The van der Waals surface area contributed by atoms with Crippen molar-refractivity contribution in [3.8, 4) is 45.0 Å². The molecule has 586 valence electrons. The summed E-state index contributed by atoms with van der Waals surface area (Å²) in [4.78, 5) is 18.5. The van der Waals surface area contributed by atoms with E-state index >= 15 is 0 Å². The fourth-order valence-corrected chi connectivity index (χ4v) is 15.2. The van der Waals surface area contributed by atoms with Crippen molar-refractivity contribution in [2.24, 2.45) is 39.5 Å². The third kappa shape index (κ3) is 16.1. The van der Waals surface area contributed by atoms with Gasteiger partial charge in [-0.15, -0.1) is 0 Å². The SMILES string of the molecule is [2H]C([2H])([2H])C([2H])(C)Cc1ccc2c(n1)oc1c(-c3ccc(C([2H])(C)C([2H])([2H])[2H])c[n+]3C)c(C)ccc12.[2H]C([2H])([2H])C([2H])(C)c1ccc(-c2c(C)ccc3c2oc2nc(C(C)(C)C)ccc23)[n+](C)c1.[2H]C([2H])([2H])C([2H])(C)c1ccc(-c2c(C)ccc3c2oc2nc(C4([2H])CCCC4([2H])[2H])ccc23)[n+](C)c1.[2H]C([2H])([2H])C([2H])(C)c1ccc(-c2c(C)ccc3c2oc2nc(CC(C)(C([2H])([2H])[2H])C([2H])([2H])[2H])ccc23)[n+](C)c1. The lowest BCUT2D eigenvalue weighted by molar-refractivity contribution is -0.661. The topological polar surface area (TPSA) is 120 Å². The molecule has 1 aliphatic carbocycles. The molecule has 1 fully saturated rings. The van der Waals surface area contributed by atoms with Gasteiger partial charge in [0.2, 0.25) is 45.6 Å². The summed E-state index contributed by atoms with van der Waals surface area (Å²) >= 11 is 0. The van der Waals surface area contributed by atoms with Crippen LogP contribution in [0.3, 0.4) is 0 Å². The van der Waals surface area contributed by atoms with Crippen molar-refractivity contribution in [2.75, 3.05) is 0 Å². The molecule has 0 saturated heterocycles. The summed E-state index contributed by atoms with van der Waals surface area (Å²) in [6.07, 6.45) is 6.11. The number of fused-ring (bicyclic) bond motifs is 12. The van der Waals surface area contributed by atoms with Crippen LogP contribution in [0.5, 0.6) is 0 Å². The molecule has 12 aromatic heterocycles. The number of aryl methyl sites for hydroxylation is 8. The van der Waals surface area contributed by atoms with Gasteiger partial charge in [-0.1, -0.05) is 172 Å². The van der Waals surface area contributed by atoms with Crippen LogP contribution in [-0.4, -0.2) is 19.9 Å². The normalized spacial score (nSPS) is 21.7. The zero-order valence-electron chi connectivity index (χ0n) is 96.9. The molecule has 12 heterocycles. The Balaban J connectivity index is 0.000000152. The van der Waals surface area contributed by atoms with Crippen LogP contribution >= 0.6 is 0 Å². The van der Waals surface area contributed by atoms with Crippen LogP contribution in [0.4, 0.5) is 0 Å². The first-order valence-corrected chi connectivity index (χ1v) is 38.3. The van der Waals surface area contributed by atoms with E-state index in [1.807, 2.05) is 112 Å². The monoisotopic (exact) mass is 1550 g/mol. The minimum absolute atomic E-state index is 0.0474. The third-order valence-electron chi connectivity index (χ3n) is 21.3. The van der Waals surface area contributed by atoms with Gasteiger partial charge >= 0.3 is 0 Å². The van der Waals surface area contributed by atoms with Crippen molar-refractivity contribution < 1.29 is 75.7 Å². The van der Waals surface area contributed by atoms with E-state index in [0.29, 0.717) is 97.9 Å². The number of pyridine rings is 8. The summed E-state index contributed by atoms with van der Waals surface area (Å²) in [5.41, 5.74) is 16.1. The van der Waals surface area contributed by atoms with Crippen LogP contribution in [0.2, 0.25) is 0 Å². The molecule has 12 heteroatoms. The molecule has 1 saturated carbocycles. The van der Waals surface area contributed by atoms with Crippen LogP contribution in [0.15, 0.2) is 188 Å². The highest BCUT2D eigenvalue weighted by Gasteiger charge is 2.29. The highest BCUT2D eigenvalue weighted by Crippen LogP contribution is 2.43. The molecular formula is C102H118N8O4+4. The fraction of sp³-hybridized carbons (Fsp3) is 0.373. The summed E-state index contributed by atoms with van der Waals surface area (Å²) < 4.78 is 263. The maximum Gasteiger partial charge on any atom is 0.227 e. The molecule has 12 nitrogen and oxygen atoms in total. The summed E-state index contributed by atoms with van der Waals surface area (Å²) in [7, 11) is 7.26. The van der Waals surface area contributed by atoms with E-state index in [-0.39, 0.29) is 24.0 Å². The summed E-state index contributed by atoms with van der Waals surface area (Å²) in [6, 6.07) is 44.5. The van der Waals surface area contributed by atoms with Gasteiger partial charge in [-0.25, -0.2) is 38.2 Å². The largest absolute Gasteiger partial charge is 0.437 e. The van der Waals surface area contributed by atoms with Crippen LogP contribution < -0.4 is 18.3 Å². The molecule has 0 N–H and O–H groups in total. The van der Waals surface area contributed by atoms with Gasteiger partial charge in [0.1, 0.15) is 28.2 Å². The van der Waals surface area contributed by atoms with E-state index in [9.17, 15) is 0 Å². The van der Waals surface area contributed by atoms with Gasteiger partial charge in [-0.05, 0) is 183 Å². The number of furan rings is 4. The minimum atomic E-state index is -2.73. The lowest BCUT2D eigenvalue weighted by Gasteiger charge is -2.16. The number of benzene rings is 4. The van der Waals surface area contributed by atoms with Crippen molar-refractivity contribution in [3.63, 3.8) is 0 Å². The van der Waals surface area contributed by atoms with Crippen molar-refractivity contribution >= 4 is 88.3 Å². The molecule has 0 amide bonds. The molecule has 16 aromatic rings. The van der Waals surface area contributed by atoms with Gasteiger partial charge in [-0.2, -0.15) is 0 Å². The third-order valence-corrected chi connectivity index (χ3v) is 21.3. The molecule has 0 aliphatic heterocycles. The lowest BCUT2D eigenvalue weighted by Crippen LogP contribution is -2.31. The molecule has 17 rings (SSSR count). The van der Waals surface area contributed by atoms with Gasteiger partial charge in [0, 0.05) is 163 Å². The maximum atomic E-state index is 8.85. The smallest absolute Gasteiger partial charge is 0.227 e. The van der Waals surface area contributed by atoms with Gasteiger partial charge in [0.15, 0.2) is 47.1 Å². The minimum Gasteiger partial charge on any atom is -0.437 e. The second-order valence-corrected chi connectivity index (χ2v) is 31.7. The van der Waals surface area contributed by atoms with Gasteiger partial charge in [0.05, 0.1) is 22.3 Å². The van der Waals surface area contributed by atoms with Crippen molar-refractivity contribution in [2.45, 2.75) is 211 Å². The van der Waals surface area contributed by atoms with E-state index in [2.05, 4.69) is 60.0 Å². The molecular weight excluding hydrogens is 1400 g/mol. The van der Waals surface area contributed by atoms with Crippen LogP contribution in [0.1, 0.15) is 272 Å². The number of rotatable bonds is 12. The highest BCUT2D eigenvalue weighted by molar-refractivity contribution is 6.12. The summed E-state index contributed by atoms with van der Waals surface area (Å²) in [5, 5.41) is 6.69. The zero-order valence-corrected chi connectivity index (χ0v) is 67.9. The molecule has 6 atom stereocenters. The molecule has 4 aromatic carbocycles. The van der Waals surface area contributed by atoms with Crippen LogP contribution in [-0.2, 0) is 46.4 Å². The van der Waals surface area contributed by atoms with Crippen molar-refractivity contribution in [1.82, 2.24) is 19.9 Å². The van der Waals surface area contributed by atoms with Crippen molar-refractivity contribution in [3.05, 3.63) is 238 Å². The molecule has 6 unspecified atom stereocenters. The fourth-order valence-electron chi connectivity index (χ4n) is 15.2. The molecule has 0 spiro atoms. The van der Waals surface area contributed by atoms with Gasteiger partial charge in [-0.3, -0.25) is 0 Å². The molecule has 0 bridgehead atoms. The Morgan fingerprint density at radius 1 is 0.412 bits per heavy atom. The Labute approximate surface area is 715 Å². The van der Waals surface area contributed by atoms with E-state index in [0.717, 1.165) is 116 Å². The highest BCUT2D eigenvalue weighted by atomic mass is 16.4. The first-order valence-electron chi connectivity index (χ1n) is 52.8. The maximum absolute atomic E-state index is 8.85. The van der Waals surface area contributed by atoms with Crippen LogP contribution in [0, 0.1) is 39.0 Å². The zero-order chi connectivity index (χ0) is 106. The van der Waals surface area contributed by atoms with E-state index < -0.39 is 95.1 Å². The number of hydrogen-bond acceptors (Lipinski definition) is 8. The average molecular weight is 1550 g/mol. The number of nitrogens with zero attached hydrogens (tertiary/aromatic N) is 8. The molecule has 0 radical (unpaired) electrons. The lowest BCUT2D eigenvalue weighted by atomic mass is 9.90. The Kier molecular flexibility index (Phi) is 14.3. The standard InChI is InChI=1S/C26H29N2O.C26H31N2O.2C25H29N2O/c1-16(2)19-10-14-23(28(4)15-19)24-17(3)9-11-20-21-12-13-22(18-7-5-6-8-18)27-26(21)29-25(20)24;1-16(2)18-9-13-22(28(7)15-18)23-17(3)8-11-20-21-12-10-19(14-26(4,5)6)27-25(21)29-24(20)23;1-15(2)17-9-12-20(27(7)14-17)22-16(3)8-10-18-19-11-13-21(25(4,5)6)26-24(19)28-23(18)22;1-15(2)13-19-9-11-21-20-10-7-17(5)23(24(20)28-25(21)26-19)22-12-8-18(16(3)4)14-27(22)6/h9-16,18H,5-8H2,1-4H3;8-13,15-16H,14H2,1-7H3;8-15H,1-7H3;7-12,14-16H,13H2,1-6H3/q4*+1/i1D3,7D2,16D,18D;1D3,4D3,5D3,16D;1D3,15D;1D3,3D3,15D,16D. The Morgan fingerprint density at radius 2 is 0.754 bits per heavy atom. The van der Waals surface area contributed by atoms with Gasteiger partial charge in [0.25, 0.3) is 0 Å². The summed E-state index contributed by atoms with van der Waals surface area (Å²) in [6.45, 7) is 4.65.